The molecule has 0 fully saturated rings. The van der Waals surface area contributed by atoms with Gasteiger partial charge in [0.2, 0.25) is 17.6 Å². The molecular formula is C19H20FN5O2. The molecule has 0 spiro atoms. The van der Waals surface area contributed by atoms with Crippen LogP contribution in [0.2, 0.25) is 0 Å². The van der Waals surface area contributed by atoms with Crippen molar-refractivity contribution in [3.05, 3.63) is 66.1 Å². The summed E-state index contributed by atoms with van der Waals surface area (Å²) < 4.78 is 19.4. The van der Waals surface area contributed by atoms with Crippen molar-refractivity contribution < 1.29 is 13.7 Å². The maximum Gasteiger partial charge on any atom is 0.246 e. The topological polar surface area (TPSA) is 75.4 Å². The van der Waals surface area contributed by atoms with Crippen molar-refractivity contribution in [2.75, 3.05) is 21.1 Å². The Morgan fingerprint density at radius 3 is 2.52 bits per heavy atom. The highest BCUT2D eigenvalue weighted by Crippen LogP contribution is 2.24. The van der Waals surface area contributed by atoms with Crippen molar-refractivity contribution in [2.24, 2.45) is 0 Å². The third kappa shape index (κ3) is 4.17. The lowest BCUT2D eigenvalue weighted by Crippen LogP contribution is -2.38. The van der Waals surface area contributed by atoms with Crippen LogP contribution in [0.3, 0.4) is 0 Å². The van der Waals surface area contributed by atoms with Crippen LogP contribution >= 0.6 is 0 Å². The highest BCUT2D eigenvalue weighted by atomic mass is 19.1. The first kappa shape index (κ1) is 18.7. The van der Waals surface area contributed by atoms with Crippen LogP contribution in [0.15, 0.2) is 53.3 Å². The van der Waals surface area contributed by atoms with E-state index in [0.717, 1.165) is 5.56 Å². The number of halogens is 1. The van der Waals surface area contributed by atoms with Crippen molar-refractivity contribution >= 4 is 5.91 Å². The van der Waals surface area contributed by atoms with Crippen LogP contribution in [0.1, 0.15) is 17.5 Å². The van der Waals surface area contributed by atoms with E-state index in [-0.39, 0.29) is 12.5 Å². The van der Waals surface area contributed by atoms with Gasteiger partial charge in [-0.2, -0.15) is 4.98 Å². The Hall–Kier alpha value is -3.13. The van der Waals surface area contributed by atoms with E-state index < -0.39 is 11.9 Å². The third-order valence-corrected chi connectivity index (χ3v) is 4.11. The lowest BCUT2D eigenvalue weighted by molar-refractivity contribution is -0.136. The normalized spacial score (nSPS) is 12.2. The van der Waals surface area contributed by atoms with Crippen LogP contribution in [0.4, 0.5) is 4.39 Å². The Bertz CT molecular complexity index is 913. The largest absolute Gasteiger partial charge is 0.337 e. The molecule has 3 aromatic rings. The van der Waals surface area contributed by atoms with Gasteiger partial charge in [-0.1, -0.05) is 23.4 Å². The molecule has 2 aromatic heterocycles. The number of carbonyl (C=O) groups is 1. The number of amides is 1. The lowest BCUT2D eigenvalue weighted by Gasteiger charge is -2.28. The maximum atomic E-state index is 14.2. The lowest BCUT2D eigenvalue weighted by atomic mass is 10.0. The summed E-state index contributed by atoms with van der Waals surface area (Å²) in [5.74, 6) is 0.0275. The fourth-order valence-electron chi connectivity index (χ4n) is 2.76. The number of likely N-dealkylation sites (N-methyl/N-ethyl adjacent to an activating group) is 2. The van der Waals surface area contributed by atoms with Crippen LogP contribution in [0.5, 0.6) is 0 Å². The van der Waals surface area contributed by atoms with E-state index in [2.05, 4.69) is 15.1 Å². The number of benzene rings is 1. The standard InChI is InChI=1S/C19H20FN5O2/c1-24(2)17(14-6-4-5-7-15(14)20)19(26)25(3)12-16-22-18(23-27-16)13-8-10-21-11-9-13/h4-11,17H,12H2,1-3H3. The van der Waals surface area contributed by atoms with Crippen LogP contribution in [0.25, 0.3) is 11.4 Å². The van der Waals surface area contributed by atoms with Crippen molar-refractivity contribution in [2.45, 2.75) is 12.6 Å². The van der Waals surface area contributed by atoms with Gasteiger partial charge in [-0.25, -0.2) is 4.39 Å². The Balaban J connectivity index is 1.77. The number of rotatable bonds is 6. The molecule has 0 aliphatic carbocycles. The molecule has 2 heterocycles. The number of pyridine rings is 1. The van der Waals surface area contributed by atoms with Gasteiger partial charge in [0.25, 0.3) is 0 Å². The van der Waals surface area contributed by atoms with E-state index in [1.54, 1.807) is 68.8 Å². The fraction of sp³-hybridized carbons (Fsp3) is 0.263. The number of nitrogens with zero attached hydrogens (tertiary/aromatic N) is 5. The second kappa shape index (κ2) is 8.05. The van der Waals surface area contributed by atoms with Gasteiger partial charge in [0, 0.05) is 30.6 Å². The number of aromatic nitrogens is 3. The summed E-state index contributed by atoms with van der Waals surface area (Å²) >= 11 is 0. The van der Waals surface area contributed by atoms with Gasteiger partial charge >= 0.3 is 0 Å². The average molecular weight is 369 g/mol. The summed E-state index contributed by atoms with van der Waals surface area (Å²) in [6.07, 6.45) is 3.27. The molecule has 0 saturated heterocycles. The molecule has 0 aliphatic heterocycles. The molecule has 1 amide bonds. The van der Waals surface area contributed by atoms with E-state index in [0.29, 0.717) is 17.3 Å². The zero-order valence-corrected chi connectivity index (χ0v) is 15.3. The summed E-state index contributed by atoms with van der Waals surface area (Å²) in [6.45, 7) is 0.121. The maximum absolute atomic E-state index is 14.2. The molecule has 27 heavy (non-hydrogen) atoms. The molecule has 0 bridgehead atoms. The molecular weight excluding hydrogens is 349 g/mol. The van der Waals surface area contributed by atoms with Gasteiger partial charge in [-0.05, 0) is 32.3 Å². The van der Waals surface area contributed by atoms with Crippen LogP contribution in [0, 0.1) is 5.82 Å². The smallest absolute Gasteiger partial charge is 0.246 e. The number of hydrogen-bond acceptors (Lipinski definition) is 6. The van der Waals surface area contributed by atoms with Crippen LogP contribution in [-0.2, 0) is 11.3 Å². The van der Waals surface area contributed by atoms with Crippen LogP contribution < -0.4 is 0 Å². The second-order valence-electron chi connectivity index (χ2n) is 6.33. The van der Waals surface area contributed by atoms with Gasteiger partial charge in [0.1, 0.15) is 11.9 Å². The van der Waals surface area contributed by atoms with Gasteiger partial charge in [0.05, 0.1) is 6.54 Å². The minimum Gasteiger partial charge on any atom is -0.337 e. The molecule has 0 radical (unpaired) electrons. The van der Waals surface area contributed by atoms with E-state index in [9.17, 15) is 9.18 Å². The third-order valence-electron chi connectivity index (χ3n) is 4.11. The van der Waals surface area contributed by atoms with Crippen molar-refractivity contribution in [3.8, 4) is 11.4 Å². The first-order chi connectivity index (χ1) is 13.0. The van der Waals surface area contributed by atoms with Gasteiger partial charge < -0.3 is 9.42 Å². The van der Waals surface area contributed by atoms with Crippen LogP contribution in [-0.4, -0.2) is 52.0 Å². The fourth-order valence-corrected chi connectivity index (χ4v) is 2.76. The zero-order chi connectivity index (χ0) is 19.4. The highest BCUT2D eigenvalue weighted by Gasteiger charge is 2.29. The van der Waals surface area contributed by atoms with Gasteiger partial charge in [0.15, 0.2) is 0 Å². The molecule has 1 aromatic carbocycles. The first-order valence-electron chi connectivity index (χ1n) is 8.36. The Labute approximate surface area is 156 Å². The average Bonchev–Trinajstić information content (AvgIpc) is 3.12. The molecule has 0 aliphatic rings. The number of carbonyl (C=O) groups excluding carboxylic acids is 1. The van der Waals surface area contributed by atoms with E-state index >= 15 is 0 Å². The quantitative estimate of drug-likeness (QED) is 0.665. The van der Waals surface area contributed by atoms with E-state index in [4.69, 9.17) is 4.52 Å². The summed E-state index contributed by atoms with van der Waals surface area (Å²) in [4.78, 5) is 24.3. The van der Waals surface area contributed by atoms with E-state index in [1.807, 2.05) is 0 Å². The Morgan fingerprint density at radius 1 is 1.15 bits per heavy atom. The number of hydrogen-bond donors (Lipinski definition) is 0. The predicted octanol–water partition coefficient (Wildman–Crippen LogP) is 2.53. The Morgan fingerprint density at radius 2 is 1.85 bits per heavy atom. The molecule has 3 rings (SSSR count). The first-order valence-corrected chi connectivity index (χ1v) is 8.36. The highest BCUT2D eigenvalue weighted by molar-refractivity contribution is 5.83. The zero-order valence-electron chi connectivity index (χ0n) is 15.3. The minimum atomic E-state index is -0.751. The van der Waals surface area contributed by atoms with Crippen molar-refractivity contribution in [1.29, 1.82) is 0 Å². The molecule has 0 N–H and O–H groups in total. The SMILES string of the molecule is CN(Cc1nc(-c2ccncc2)no1)C(=O)C(c1ccccc1F)N(C)C. The summed E-state index contributed by atoms with van der Waals surface area (Å²) in [5.41, 5.74) is 1.09. The van der Waals surface area contributed by atoms with Crippen molar-refractivity contribution in [1.82, 2.24) is 24.9 Å². The molecule has 1 unspecified atom stereocenters. The Kier molecular flexibility index (Phi) is 5.56. The molecule has 1 atom stereocenters. The molecule has 8 heteroatoms. The second-order valence-corrected chi connectivity index (χ2v) is 6.33. The molecule has 7 nitrogen and oxygen atoms in total. The molecule has 140 valence electrons. The monoisotopic (exact) mass is 369 g/mol. The van der Waals surface area contributed by atoms with Gasteiger partial charge in [-0.3, -0.25) is 14.7 Å². The molecule has 0 saturated carbocycles. The summed E-state index contributed by atoms with van der Waals surface area (Å²) in [5, 5.41) is 3.93. The van der Waals surface area contributed by atoms with Gasteiger partial charge in [-0.15, -0.1) is 0 Å². The summed E-state index contributed by atoms with van der Waals surface area (Å²) in [7, 11) is 5.09. The van der Waals surface area contributed by atoms with Crippen molar-refractivity contribution in [3.63, 3.8) is 0 Å². The summed E-state index contributed by atoms with van der Waals surface area (Å²) in [6, 6.07) is 9.05. The predicted molar refractivity (Wildman–Crippen MR) is 96.8 cm³/mol. The van der Waals surface area contributed by atoms with E-state index in [1.165, 1.54) is 11.0 Å². The minimum absolute atomic E-state index is 0.121.